The number of ether oxygens (including phenoxy) is 1. The lowest BCUT2D eigenvalue weighted by Gasteiger charge is -2.34. The molecule has 0 unspecified atom stereocenters. The Morgan fingerprint density at radius 3 is 2.46 bits per heavy atom. The monoisotopic (exact) mass is 563 g/mol. The maximum absolute atomic E-state index is 13.3. The number of nitrogens with zero attached hydrogens (tertiary/aromatic N) is 4. The number of benzene rings is 1. The van der Waals surface area contributed by atoms with Gasteiger partial charge in [-0.1, -0.05) is 25.1 Å². The van der Waals surface area contributed by atoms with Gasteiger partial charge in [-0.2, -0.15) is 13.2 Å². The summed E-state index contributed by atoms with van der Waals surface area (Å²) >= 11 is 0. The number of carbonyl (C=O) groups is 1. The highest BCUT2D eigenvalue weighted by molar-refractivity contribution is 7.90. The van der Waals surface area contributed by atoms with Gasteiger partial charge < -0.3 is 9.64 Å². The van der Waals surface area contributed by atoms with Gasteiger partial charge >= 0.3 is 6.18 Å². The van der Waals surface area contributed by atoms with Gasteiger partial charge in [0.1, 0.15) is 11.9 Å². The van der Waals surface area contributed by atoms with E-state index in [1.807, 2.05) is 18.7 Å². The largest absolute Gasteiger partial charge is 0.473 e. The van der Waals surface area contributed by atoms with Crippen LogP contribution in [0, 0.1) is 11.8 Å². The fourth-order valence-corrected chi connectivity index (χ4v) is 6.03. The number of anilines is 1. The predicted molar refractivity (Wildman–Crippen MR) is 136 cm³/mol. The molecule has 39 heavy (non-hydrogen) atoms. The van der Waals surface area contributed by atoms with Crippen LogP contribution >= 0.6 is 0 Å². The molecule has 1 aromatic carbocycles. The summed E-state index contributed by atoms with van der Waals surface area (Å²) < 4.78 is 73.1. The average Bonchev–Trinajstić information content (AvgIpc) is 3.39. The molecular formula is C26H28F3N5O4S. The first-order valence-electron chi connectivity index (χ1n) is 12.4. The van der Waals surface area contributed by atoms with Crippen molar-refractivity contribution in [3.05, 3.63) is 60.3 Å². The fourth-order valence-electron chi connectivity index (χ4n) is 5.04. The van der Waals surface area contributed by atoms with Gasteiger partial charge in [-0.15, -0.1) is 5.10 Å². The van der Waals surface area contributed by atoms with Gasteiger partial charge in [-0.3, -0.25) is 4.79 Å². The van der Waals surface area contributed by atoms with Crippen molar-refractivity contribution in [1.82, 2.24) is 19.5 Å². The number of nitrogens with one attached hydrogen (secondary N) is 1. The van der Waals surface area contributed by atoms with Crippen LogP contribution in [0.15, 0.2) is 59.6 Å². The summed E-state index contributed by atoms with van der Waals surface area (Å²) in [5.41, 5.74) is -0.315. The van der Waals surface area contributed by atoms with Crippen LogP contribution in [0.25, 0.3) is 5.82 Å². The van der Waals surface area contributed by atoms with Gasteiger partial charge in [0, 0.05) is 24.3 Å². The highest BCUT2D eigenvalue weighted by Crippen LogP contribution is 2.46. The Morgan fingerprint density at radius 2 is 1.85 bits per heavy atom. The Balaban J connectivity index is 1.45. The molecule has 0 bridgehead atoms. The van der Waals surface area contributed by atoms with Gasteiger partial charge in [0.15, 0.2) is 5.82 Å². The summed E-state index contributed by atoms with van der Waals surface area (Å²) in [7, 11) is -4.13. The topological polar surface area (TPSA) is 106 Å². The van der Waals surface area contributed by atoms with E-state index in [4.69, 9.17) is 4.74 Å². The Morgan fingerprint density at radius 1 is 1.13 bits per heavy atom. The summed E-state index contributed by atoms with van der Waals surface area (Å²) in [6.45, 7) is 6.69. The number of amides is 1. The van der Waals surface area contributed by atoms with E-state index in [2.05, 4.69) is 21.7 Å². The number of rotatable bonds is 7. The van der Waals surface area contributed by atoms with Crippen molar-refractivity contribution in [3.63, 3.8) is 0 Å². The number of hydrogen-bond donors (Lipinski definition) is 1. The second-order valence-electron chi connectivity index (χ2n) is 10.7. The lowest BCUT2D eigenvalue weighted by atomic mass is 9.97. The van der Waals surface area contributed by atoms with E-state index < -0.39 is 34.1 Å². The molecule has 0 radical (unpaired) electrons. The summed E-state index contributed by atoms with van der Waals surface area (Å²) in [6, 6.07) is 12.0. The lowest BCUT2D eigenvalue weighted by Crippen LogP contribution is -2.41. The molecule has 3 heterocycles. The van der Waals surface area contributed by atoms with E-state index >= 15 is 0 Å². The van der Waals surface area contributed by atoms with Gasteiger partial charge in [0.25, 0.3) is 15.9 Å². The zero-order valence-corrected chi connectivity index (χ0v) is 22.3. The molecule has 3 aromatic rings. The summed E-state index contributed by atoms with van der Waals surface area (Å²) in [5, 5.41) is 4.22. The van der Waals surface area contributed by atoms with Crippen molar-refractivity contribution in [2.45, 2.75) is 56.3 Å². The van der Waals surface area contributed by atoms with Crippen LogP contribution in [0.5, 0.6) is 5.88 Å². The molecule has 1 amide bonds. The summed E-state index contributed by atoms with van der Waals surface area (Å²) in [4.78, 5) is 19.9. The molecule has 1 N–H and O–H groups in total. The van der Waals surface area contributed by atoms with Gasteiger partial charge in [0.05, 0.1) is 16.4 Å². The molecule has 208 valence electrons. The average molecular weight is 564 g/mol. The minimum Gasteiger partial charge on any atom is -0.473 e. The Kier molecular flexibility index (Phi) is 6.60. The molecule has 2 fully saturated rings. The second kappa shape index (κ2) is 9.54. The number of carbonyl (C=O) groups excluding carboxylic acids is 1. The third-order valence-electron chi connectivity index (χ3n) is 6.94. The minimum atomic E-state index is -4.31. The van der Waals surface area contributed by atoms with Gasteiger partial charge in [-0.25, -0.2) is 22.8 Å². The summed E-state index contributed by atoms with van der Waals surface area (Å²) in [5.74, 6) is -1.45. The van der Waals surface area contributed by atoms with Crippen molar-refractivity contribution in [2.75, 3.05) is 11.4 Å². The Labute approximate surface area is 224 Å². The van der Waals surface area contributed by atoms with Crippen molar-refractivity contribution in [3.8, 4) is 11.7 Å². The van der Waals surface area contributed by atoms with Crippen LogP contribution < -0.4 is 14.4 Å². The van der Waals surface area contributed by atoms with Crippen molar-refractivity contribution >= 4 is 21.7 Å². The number of halogens is 3. The van der Waals surface area contributed by atoms with Crippen LogP contribution in [0.1, 0.15) is 44.0 Å². The van der Waals surface area contributed by atoms with Crippen LogP contribution in [-0.2, 0) is 10.0 Å². The first-order valence-corrected chi connectivity index (χ1v) is 13.9. The molecule has 1 saturated heterocycles. The van der Waals surface area contributed by atoms with Crippen molar-refractivity contribution in [2.24, 2.45) is 11.8 Å². The SMILES string of the molecule is C[C@@H]1CN(c2nc(-n3ccc(O[C@@H]4C[C@@H]4C(F)(F)F)n3)ccc2C(=O)NS(=O)(=O)c2ccccc2)C(C)(C)C1. The smallest absolute Gasteiger partial charge is 0.395 e. The molecule has 0 spiro atoms. The van der Waals surface area contributed by atoms with E-state index in [0.29, 0.717) is 18.3 Å². The standard InChI is InChI=1S/C26H28F3N5O4S/c1-16-14-25(2,3)33(15-16)23-18(24(35)32-39(36,37)17-7-5-4-6-8-17)9-10-21(30-23)34-12-11-22(31-34)38-20-13-19(20)26(27,28)29/h4-12,16,19-20H,13-15H2,1-3H3,(H,32,35)/t16-,19-,20+/m0/s1. The molecule has 1 aliphatic heterocycles. The molecule has 13 heteroatoms. The molecule has 9 nitrogen and oxygen atoms in total. The van der Waals surface area contributed by atoms with E-state index in [-0.39, 0.29) is 34.1 Å². The minimum absolute atomic E-state index is 0.0287. The van der Waals surface area contributed by atoms with Gasteiger partial charge in [-0.05, 0) is 56.9 Å². The zero-order chi connectivity index (χ0) is 28.2. The molecular weight excluding hydrogens is 535 g/mol. The van der Waals surface area contributed by atoms with Crippen molar-refractivity contribution < 1.29 is 31.1 Å². The van der Waals surface area contributed by atoms with E-state index in [0.717, 1.165) is 6.42 Å². The number of sulfonamides is 1. The van der Waals surface area contributed by atoms with E-state index in [9.17, 15) is 26.4 Å². The second-order valence-corrected chi connectivity index (χ2v) is 12.3. The Bertz CT molecular complexity index is 1490. The lowest BCUT2D eigenvalue weighted by molar-refractivity contribution is -0.153. The van der Waals surface area contributed by atoms with E-state index in [1.165, 1.54) is 41.2 Å². The number of hydrogen-bond acceptors (Lipinski definition) is 7. The predicted octanol–water partition coefficient (Wildman–Crippen LogP) is 4.34. The quantitative estimate of drug-likeness (QED) is 0.456. The molecule has 1 aliphatic carbocycles. The maximum atomic E-state index is 13.3. The molecule has 3 atom stereocenters. The zero-order valence-electron chi connectivity index (χ0n) is 21.5. The number of alkyl halides is 3. The van der Waals surface area contributed by atoms with Gasteiger partial charge in [0.2, 0.25) is 5.88 Å². The first kappa shape index (κ1) is 27.0. The van der Waals surface area contributed by atoms with Crippen LogP contribution in [0.4, 0.5) is 19.0 Å². The first-order chi connectivity index (χ1) is 18.2. The molecule has 1 saturated carbocycles. The fraction of sp³-hybridized carbons (Fsp3) is 0.423. The van der Waals surface area contributed by atoms with E-state index in [1.54, 1.807) is 18.2 Å². The highest BCUT2D eigenvalue weighted by Gasteiger charge is 2.58. The Hall–Kier alpha value is -3.61. The number of pyridine rings is 1. The molecule has 2 aliphatic rings. The normalized spacial score (nSPS) is 22.5. The van der Waals surface area contributed by atoms with Crippen LogP contribution in [0.2, 0.25) is 0 Å². The highest BCUT2D eigenvalue weighted by atomic mass is 32.2. The number of aromatic nitrogens is 3. The summed E-state index contributed by atoms with van der Waals surface area (Å²) in [6.07, 6.45) is -3.07. The maximum Gasteiger partial charge on any atom is 0.395 e. The third-order valence-corrected chi connectivity index (χ3v) is 8.28. The van der Waals surface area contributed by atoms with Crippen LogP contribution in [-0.4, -0.2) is 53.5 Å². The third kappa shape index (κ3) is 5.58. The molecule has 5 rings (SSSR count). The molecule has 2 aromatic heterocycles. The van der Waals surface area contributed by atoms with Crippen molar-refractivity contribution in [1.29, 1.82) is 0 Å². The van der Waals surface area contributed by atoms with Crippen LogP contribution in [0.3, 0.4) is 0 Å².